The Kier molecular flexibility index (Phi) is 7.20. The summed E-state index contributed by atoms with van der Waals surface area (Å²) in [5.74, 6) is -0.0551. The molecule has 0 unspecified atom stereocenters. The maximum absolute atomic E-state index is 13.0. The first-order valence-corrected chi connectivity index (χ1v) is 11.7. The van der Waals surface area contributed by atoms with Gasteiger partial charge in [-0.2, -0.15) is 5.10 Å². The maximum Gasteiger partial charge on any atom is 0.274 e. The summed E-state index contributed by atoms with van der Waals surface area (Å²) in [7, 11) is 0. The number of carbonyl (C=O) groups excluding carboxylic acids is 1. The number of likely N-dealkylation sites (tertiary alicyclic amines) is 1. The number of amides is 1. The van der Waals surface area contributed by atoms with Gasteiger partial charge in [-0.1, -0.05) is 56.3 Å². The Hall–Kier alpha value is -3.03. The highest BCUT2D eigenvalue weighted by molar-refractivity contribution is 6.04. The monoisotopic (exact) mass is 448 g/mol. The molecule has 33 heavy (non-hydrogen) atoms. The zero-order chi connectivity index (χ0) is 23.4. The lowest BCUT2D eigenvalue weighted by Crippen LogP contribution is -2.35. The first kappa shape index (κ1) is 23.1. The normalized spacial score (nSPS) is 15.3. The van der Waals surface area contributed by atoms with E-state index in [1.165, 1.54) is 10.2 Å². The molecule has 1 saturated heterocycles. The van der Waals surface area contributed by atoms with Crippen molar-refractivity contribution in [3.8, 4) is 0 Å². The average molecular weight is 449 g/mol. The number of benzene rings is 2. The molecule has 7 nitrogen and oxygen atoms in total. The van der Waals surface area contributed by atoms with E-state index in [1.807, 2.05) is 32.0 Å². The van der Waals surface area contributed by atoms with Gasteiger partial charge in [-0.25, -0.2) is 4.68 Å². The molecule has 0 saturated carbocycles. The highest BCUT2D eigenvalue weighted by atomic mass is 16.3. The SMILES string of the molecule is CC(C)Cn1nc(C(=O)NCc2ccc(CN3CCC(O)CC3)cc2)c2ccccc2c1=O. The van der Waals surface area contributed by atoms with Crippen LogP contribution in [-0.2, 0) is 19.6 Å². The van der Waals surface area contributed by atoms with Crippen LogP contribution in [0.5, 0.6) is 0 Å². The summed E-state index contributed by atoms with van der Waals surface area (Å²) in [4.78, 5) is 28.1. The quantitative estimate of drug-likeness (QED) is 0.580. The van der Waals surface area contributed by atoms with Gasteiger partial charge in [0.2, 0.25) is 0 Å². The number of aliphatic hydroxyl groups is 1. The van der Waals surface area contributed by atoms with E-state index in [1.54, 1.807) is 18.2 Å². The van der Waals surface area contributed by atoms with Crippen molar-refractivity contribution >= 4 is 16.7 Å². The number of aliphatic hydroxyl groups excluding tert-OH is 1. The van der Waals surface area contributed by atoms with Crippen molar-refractivity contribution in [2.75, 3.05) is 13.1 Å². The van der Waals surface area contributed by atoms with Gasteiger partial charge in [0.15, 0.2) is 5.69 Å². The third kappa shape index (κ3) is 5.67. The van der Waals surface area contributed by atoms with Crippen LogP contribution in [0.1, 0.15) is 48.3 Å². The third-order valence-corrected chi connectivity index (χ3v) is 6.06. The molecule has 0 aliphatic carbocycles. The Morgan fingerprint density at radius 1 is 1.06 bits per heavy atom. The molecule has 0 atom stereocenters. The number of nitrogens with one attached hydrogen (secondary N) is 1. The highest BCUT2D eigenvalue weighted by Gasteiger charge is 2.18. The van der Waals surface area contributed by atoms with Crippen LogP contribution in [0.3, 0.4) is 0 Å². The summed E-state index contributed by atoms with van der Waals surface area (Å²) < 4.78 is 1.40. The number of carbonyl (C=O) groups is 1. The molecule has 0 radical (unpaired) electrons. The Labute approximate surface area is 194 Å². The molecule has 4 rings (SSSR count). The lowest BCUT2D eigenvalue weighted by molar-refractivity contribution is 0.0792. The minimum atomic E-state index is -0.292. The summed E-state index contributed by atoms with van der Waals surface area (Å²) in [5.41, 5.74) is 2.32. The van der Waals surface area contributed by atoms with E-state index in [-0.39, 0.29) is 29.2 Å². The Balaban J connectivity index is 1.44. The third-order valence-electron chi connectivity index (χ3n) is 6.06. The summed E-state index contributed by atoms with van der Waals surface area (Å²) in [5, 5.41) is 18.1. The van der Waals surface area contributed by atoms with Gasteiger partial charge in [-0.3, -0.25) is 14.5 Å². The molecule has 2 N–H and O–H groups in total. The van der Waals surface area contributed by atoms with Crippen molar-refractivity contribution in [2.45, 2.75) is 52.4 Å². The fraction of sp³-hybridized carbons (Fsp3) is 0.423. The van der Waals surface area contributed by atoms with Gasteiger partial charge in [0.25, 0.3) is 11.5 Å². The number of aromatic nitrogens is 2. The van der Waals surface area contributed by atoms with Gasteiger partial charge in [0.1, 0.15) is 0 Å². The molecule has 1 fully saturated rings. The number of hydrogen-bond donors (Lipinski definition) is 2. The van der Waals surface area contributed by atoms with E-state index in [9.17, 15) is 14.7 Å². The Morgan fingerprint density at radius 3 is 2.36 bits per heavy atom. The van der Waals surface area contributed by atoms with Crippen LogP contribution in [0.4, 0.5) is 0 Å². The van der Waals surface area contributed by atoms with E-state index in [0.29, 0.717) is 23.9 Å². The van der Waals surface area contributed by atoms with Gasteiger partial charge in [-0.15, -0.1) is 0 Å². The van der Waals surface area contributed by atoms with Crippen LogP contribution < -0.4 is 10.9 Å². The molecule has 1 amide bonds. The van der Waals surface area contributed by atoms with Crippen LogP contribution in [0.15, 0.2) is 53.3 Å². The second-order valence-corrected chi connectivity index (χ2v) is 9.28. The molecule has 0 spiro atoms. The molecule has 1 aliphatic rings. The number of rotatable bonds is 7. The minimum absolute atomic E-state index is 0.163. The van der Waals surface area contributed by atoms with Gasteiger partial charge in [-0.05, 0) is 36.0 Å². The van der Waals surface area contributed by atoms with Crippen molar-refractivity contribution in [1.29, 1.82) is 0 Å². The second-order valence-electron chi connectivity index (χ2n) is 9.28. The number of hydrogen-bond acceptors (Lipinski definition) is 5. The smallest absolute Gasteiger partial charge is 0.274 e. The van der Waals surface area contributed by atoms with Crippen LogP contribution >= 0.6 is 0 Å². The largest absolute Gasteiger partial charge is 0.393 e. The fourth-order valence-electron chi connectivity index (χ4n) is 4.24. The first-order chi connectivity index (χ1) is 15.9. The molecule has 3 aromatic rings. The number of fused-ring (bicyclic) bond motifs is 1. The van der Waals surface area contributed by atoms with Gasteiger partial charge < -0.3 is 10.4 Å². The van der Waals surface area contributed by atoms with Gasteiger partial charge in [0, 0.05) is 38.1 Å². The molecular weight excluding hydrogens is 416 g/mol. The standard InChI is InChI=1S/C26H32N4O3/c1-18(2)16-30-26(33)23-6-4-3-5-22(23)24(28-30)25(32)27-15-19-7-9-20(10-8-19)17-29-13-11-21(31)12-14-29/h3-10,18,21,31H,11-17H2,1-2H3,(H,27,32). The highest BCUT2D eigenvalue weighted by Crippen LogP contribution is 2.16. The lowest BCUT2D eigenvalue weighted by atomic mass is 10.1. The van der Waals surface area contributed by atoms with E-state index >= 15 is 0 Å². The molecule has 7 heteroatoms. The predicted octanol–water partition coefficient (Wildman–Crippen LogP) is 2.94. The van der Waals surface area contributed by atoms with Crippen molar-refractivity contribution in [3.63, 3.8) is 0 Å². The molecule has 1 aliphatic heterocycles. The van der Waals surface area contributed by atoms with Crippen molar-refractivity contribution < 1.29 is 9.90 Å². The van der Waals surface area contributed by atoms with Crippen LogP contribution in [0.25, 0.3) is 10.8 Å². The van der Waals surface area contributed by atoms with Gasteiger partial charge in [0.05, 0.1) is 11.5 Å². The summed E-state index contributed by atoms with van der Waals surface area (Å²) in [6, 6.07) is 15.4. The zero-order valence-corrected chi connectivity index (χ0v) is 19.3. The van der Waals surface area contributed by atoms with Gasteiger partial charge >= 0.3 is 0 Å². The van der Waals surface area contributed by atoms with Crippen LogP contribution in [0.2, 0.25) is 0 Å². The predicted molar refractivity (Wildman–Crippen MR) is 129 cm³/mol. The average Bonchev–Trinajstić information content (AvgIpc) is 2.81. The maximum atomic E-state index is 13.0. The molecule has 1 aromatic heterocycles. The first-order valence-electron chi connectivity index (χ1n) is 11.7. The summed E-state index contributed by atoms with van der Waals surface area (Å²) in [6.45, 7) is 7.57. The van der Waals surface area contributed by atoms with E-state index < -0.39 is 0 Å². The van der Waals surface area contributed by atoms with E-state index in [4.69, 9.17) is 0 Å². The number of nitrogens with zero attached hydrogens (tertiary/aromatic N) is 3. The molecular formula is C26H32N4O3. The van der Waals surface area contributed by atoms with Crippen molar-refractivity contribution in [3.05, 3.63) is 75.7 Å². The fourth-order valence-corrected chi connectivity index (χ4v) is 4.24. The molecule has 2 aromatic carbocycles. The minimum Gasteiger partial charge on any atom is -0.393 e. The molecule has 0 bridgehead atoms. The topological polar surface area (TPSA) is 87.5 Å². The summed E-state index contributed by atoms with van der Waals surface area (Å²) in [6.07, 6.45) is 1.50. The number of piperidine rings is 1. The van der Waals surface area contributed by atoms with Crippen LogP contribution in [-0.4, -0.2) is 44.9 Å². The summed E-state index contributed by atoms with van der Waals surface area (Å²) >= 11 is 0. The van der Waals surface area contributed by atoms with Crippen LogP contribution in [0, 0.1) is 5.92 Å². The Morgan fingerprint density at radius 2 is 1.70 bits per heavy atom. The molecule has 174 valence electrons. The van der Waals surface area contributed by atoms with E-state index in [2.05, 4.69) is 27.4 Å². The van der Waals surface area contributed by atoms with E-state index in [0.717, 1.165) is 38.0 Å². The zero-order valence-electron chi connectivity index (χ0n) is 19.3. The Bertz CT molecular complexity index is 1160. The molecule has 2 heterocycles. The second kappa shape index (κ2) is 10.3. The lowest BCUT2D eigenvalue weighted by Gasteiger charge is -2.29. The van der Waals surface area contributed by atoms with Crippen molar-refractivity contribution in [2.24, 2.45) is 5.92 Å². The van der Waals surface area contributed by atoms with Crippen molar-refractivity contribution in [1.82, 2.24) is 20.0 Å².